The molecule has 0 aromatic rings. The van der Waals surface area contributed by atoms with E-state index in [4.69, 9.17) is 17.7 Å². The van der Waals surface area contributed by atoms with Crippen LogP contribution in [0.25, 0.3) is 0 Å². The van der Waals surface area contributed by atoms with Crippen molar-refractivity contribution >= 4 is 9.05 Å². The Hall–Kier alpha value is 0.0169. The zero-order valence-corrected chi connectivity index (χ0v) is 10.9. The topological polar surface area (TPSA) is 40.2 Å². The summed E-state index contributed by atoms with van der Waals surface area (Å²) in [6, 6.07) is 0. The van der Waals surface area contributed by atoms with Gasteiger partial charge in [-0.15, -0.1) is 0 Å². The van der Waals surface area contributed by atoms with E-state index in [9.17, 15) is 0 Å². The Balaban J connectivity index is 1.92. The summed E-state index contributed by atoms with van der Waals surface area (Å²) in [5.74, 6) is 0. The van der Waals surface area contributed by atoms with E-state index in [1.54, 1.807) is 0 Å². The van der Waals surface area contributed by atoms with Crippen LogP contribution in [0.3, 0.4) is 0 Å². The van der Waals surface area contributed by atoms with Crippen LogP contribution < -0.4 is 0 Å². The summed E-state index contributed by atoms with van der Waals surface area (Å²) in [5.41, 5.74) is 0. The lowest BCUT2D eigenvalue weighted by Gasteiger charge is -2.36. The Morgan fingerprint density at radius 2 is 1.62 bits per heavy atom. The van der Waals surface area contributed by atoms with Crippen LogP contribution in [0.2, 0.25) is 0 Å². The van der Waals surface area contributed by atoms with Gasteiger partial charge in [0.25, 0.3) is 0 Å². The molecular weight excluding hydrogens is 226 g/mol. The van der Waals surface area contributed by atoms with Crippen molar-refractivity contribution in [2.45, 2.75) is 19.8 Å². The molecule has 6 heteroatoms. The van der Waals surface area contributed by atoms with Crippen LogP contribution in [-0.4, -0.2) is 60.0 Å². The third-order valence-electron chi connectivity index (χ3n) is 2.84. The van der Waals surface area contributed by atoms with Gasteiger partial charge in [0.15, 0.2) is 0 Å². The van der Waals surface area contributed by atoms with Crippen LogP contribution in [0.15, 0.2) is 0 Å². The van der Waals surface area contributed by atoms with Crippen LogP contribution in [0.4, 0.5) is 0 Å². The zero-order valence-electron chi connectivity index (χ0n) is 9.94. The minimum atomic E-state index is -2.79. The fraction of sp³-hybridized carbons (Fsp3) is 1.00. The summed E-state index contributed by atoms with van der Waals surface area (Å²) in [5, 5.41) is 0. The molecule has 0 aliphatic carbocycles. The van der Waals surface area contributed by atoms with E-state index in [-0.39, 0.29) is 0 Å². The minimum Gasteiger partial charge on any atom is -0.351 e. The number of unbranched alkanes of at least 4 members (excludes halogenated alkanes) is 1. The maximum Gasteiger partial charge on any atom is 0.679 e. The first kappa shape index (κ1) is 12.5. The summed E-state index contributed by atoms with van der Waals surface area (Å²) in [6.45, 7) is 7.64. The van der Waals surface area contributed by atoms with E-state index in [1.165, 1.54) is 0 Å². The molecule has 0 amide bonds. The Morgan fingerprint density at radius 3 is 2.12 bits per heavy atom. The average Bonchev–Trinajstić information content (AvgIpc) is 2.19. The standard InChI is InChI=1S/C10H21NO4Si/c1-2-3-7-12-16-13-8-4-11(5-9-14-16)6-10-15-16/h2-10H2,1H3. The summed E-state index contributed by atoms with van der Waals surface area (Å²) in [6.07, 6.45) is 2.13. The number of nitrogens with zero attached hydrogens (tertiary/aromatic N) is 1. The van der Waals surface area contributed by atoms with Gasteiger partial charge in [0.05, 0.1) is 19.8 Å². The molecule has 0 aromatic heterocycles. The molecule has 2 bridgehead atoms. The van der Waals surface area contributed by atoms with Crippen molar-refractivity contribution < 1.29 is 17.7 Å². The van der Waals surface area contributed by atoms with E-state index in [2.05, 4.69) is 11.8 Å². The predicted molar refractivity (Wildman–Crippen MR) is 60.9 cm³/mol. The van der Waals surface area contributed by atoms with Crippen LogP contribution >= 0.6 is 0 Å². The number of hydrogen-bond donors (Lipinski definition) is 0. The van der Waals surface area contributed by atoms with E-state index < -0.39 is 9.05 Å². The SMILES string of the molecule is CCCCO[Si]12OCCN(CCO1)CCO2. The maximum atomic E-state index is 5.77. The van der Waals surface area contributed by atoms with Crippen LogP contribution in [0.5, 0.6) is 0 Å². The van der Waals surface area contributed by atoms with Gasteiger partial charge in [0, 0.05) is 26.2 Å². The normalized spacial score (nSPS) is 35.4. The molecule has 0 N–H and O–H groups in total. The van der Waals surface area contributed by atoms with Gasteiger partial charge in [-0.3, -0.25) is 4.90 Å². The van der Waals surface area contributed by atoms with Gasteiger partial charge in [-0.25, -0.2) is 0 Å². The van der Waals surface area contributed by atoms with Crippen molar-refractivity contribution in [2.24, 2.45) is 0 Å². The maximum absolute atomic E-state index is 5.77. The quantitative estimate of drug-likeness (QED) is 0.538. The molecule has 3 rings (SSSR count). The summed E-state index contributed by atoms with van der Waals surface area (Å²) >= 11 is 0. The lowest BCUT2D eigenvalue weighted by Crippen LogP contribution is -2.57. The fourth-order valence-corrected chi connectivity index (χ4v) is 3.74. The predicted octanol–water partition coefficient (Wildman–Crippen LogP) is 0.618. The Labute approximate surface area is 98.1 Å². The first-order chi connectivity index (χ1) is 7.85. The summed E-state index contributed by atoms with van der Waals surface area (Å²) in [4.78, 5) is 2.30. The molecule has 3 heterocycles. The molecule has 16 heavy (non-hydrogen) atoms. The number of fused-ring (bicyclic) bond motifs is 6. The van der Waals surface area contributed by atoms with Gasteiger partial charge >= 0.3 is 9.05 Å². The molecule has 3 aliphatic rings. The molecule has 3 saturated heterocycles. The van der Waals surface area contributed by atoms with Crippen LogP contribution in [0, 0.1) is 0 Å². The van der Waals surface area contributed by atoms with Gasteiger partial charge in [0.1, 0.15) is 0 Å². The van der Waals surface area contributed by atoms with Crippen molar-refractivity contribution in [3.8, 4) is 0 Å². The molecule has 0 saturated carbocycles. The molecule has 0 unspecified atom stereocenters. The third-order valence-corrected chi connectivity index (χ3v) is 5.07. The molecule has 0 atom stereocenters. The van der Waals surface area contributed by atoms with E-state index in [1.807, 2.05) is 0 Å². The highest BCUT2D eigenvalue weighted by molar-refractivity contribution is 6.53. The first-order valence-electron chi connectivity index (χ1n) is 6.13. The Kier molecular flexibility index (Phi) is 4.74. The van der Waals surface area contributed by atoms with Crippen LogP contribution in [0.1, 0.15) is 19.8 Å². The van der Waals surface area contributed by atoms with Crippen molar-refractivity contribution in [3.63, 3.8) is 0 Å². The third kappa shape index (κ3) is 3.25. The minimum absolute atomic E-state index is 0.651. The van der Waals surface area contributed by atoms with E-state index in [0.29, 0.717) is 26.4 Å². The number of rotatable bonds is 4. The van der Waals surface area contributed by atoms with Crippen molar-refractivity contribution in [3.05, 3.63) is 0 Å². The summed E-state index contributed by atoms with van der Waals surface area (Å²) in [7, 11) is -2.79. The second-order valence-corrected chi connectivity index (χ2v) is 6.24. The second kappa shape index (κ2) is 6.09. The van der Waals surface area contributed by atoms with Gasteiger partial charge < -0.3 is 17.7 Å². The van der Waals surface area contributed by atoms with Crippen molar-refractivity contribution in [1.82, 2.24) is 4.90 Å². The van der Waals surface area contributed by atoms with Crippen molar-refractivity contribution in [1.29, 1.82) is 0 Å². The molecule has 3 fully saturated rings. The van der Waals surface area contributed by atoms with Crippen molar-refractivity contribution in [2.75, 3.05) is 46.1 Å². The van der Waals surface area contributed by atoms with Gasteiger partial charge in [-0.05, 0) is 6.42 Å². The first-order valence-corrected chi connectivity index (χ1v) is 7.76. The molecule has 94 valence electrons. The molecule has 5 nitrogen and oxygen atoms in total. The van der Waals surface area contributed by atoms with E-state index in [0.717, 1.165) is 32.5 Å². The van der Waals surface area contributed by atoms with Gasteiger partial charge in [0.2, 0.25) is 0 Å². The highest BCUT2D eigenvalue weighted by Gasteiger charge is 2.47. The van der Waals surface area contributed by atoms with Crippen LogP contribution in [-0.2, 0) is 17.7 Å². The number of hydrogen-bond acceptors (Lipinski definition) is 5. The molecule has 0 spiro atoms. The largest absolute Gasteiger partial charge is 0.679 e. The second-order valence-electron chi connectivity index (χ2n) is 4.09. The monoisotopic (exact) mass is 247 g/mol. The Morgan fingerprint density at radius 1 is 1.06 bits per heavy atom. The van der Waals surface area contributed by atoms with Gasteiger partial charge in [-0.1, -0.05) is 13.3 Å². The Bertz CT molecular complexity index is 190. The molecule has 0 aromatic carbocycles. The zero-order chi connectivity index (χ0) is 11.3. The lowest BCUT2D eigenvalue weighted by molar-refractivity contribution is -0.0747. The summed E-state index contributed by atoms with van der Waals surface area (Å²) < 4.78 is 22.9. The lowest BCUT2D eigenvalue weighted by atomic mass is 10.4. The highest BCUT2D eigenvalue weighted by Crippen LogP contribution is 2.17. The van der Waals surface area contributed by atoms with E-state index >= 15 is 0 Å². The average molecular weight is 247 g/mol. The molecular formula is C10H21NO4Si. The smallest absolute Gasteiger partial charge is 0.351 e. The highest BCUT2D eigenvalue weighted by atomic mass is 28.4. The molecule has 0 radical (unpaired) electrons. The fourth-order valence-electron chi connectivity index (χ4n) is 1.83. The van der Waals surface area contributed by atoms with Gasteiger partial charge in [-0.2, -0.15) is 0 Å². The molecule has 3 aliphatic heterocycles.